The SMILES string of the molecule is Cc1nc(-c2cccc(NC(=O)NCC(O)c3ccco3)c2)no1. The number of aliphatic hydroxyl groups excluding tert-OH is 1. The molecule has 3 N–H and O–H groups in total. The van der Waals surface area contributed by atoms with Crippen molar-refractivity contribution in [1.82, 2.24) is 15.5 Å². The summed E-state index contributed by atoms with van der Waals surface area (Å²) < 4.78 is 10.0. The molecule has 0 spiro atoms. The number of furan rings is 1. The van der Waals surface area contributed by atoms with Gasteiger partial charge in [-0.1, -0.05) is 17.3 Å². The van der Waals surface area contributed by atoms with Crippen LogP contribution in [0.15, 0.2) is 51.6 Å². The minimum atomic E-state index is -0.903. The Kier molecular flexibility index (Phi) is 4.57. The molecule has 0 saturated carbocycles. The number of urea groups is 1. The van der Waals surface area contributed by atoms with Gasteiger partial charge in [-0.15, -0.1) is 0 Å². The third kappa shape index (κ3) is 3.79. The Hall–Kier alpha value is -3.13. The molecule has 0 bridgehead atoms. The van der Waals surface area contributed by atoms with Crippen molar-refractivity contribution in [3.63, 3.8) is 0 Å². The van der Waals surface area contributed by atoms with Crippen molar-refractivity contribution < 1.29 is 18.8 Å². The third-order valence-electron chi connectivity index (χ3n) is 3.23. The summed E-state index contributed by atoms with van der Waals surface area (Å²) in [4.78, 5) is 16.1. The number of amides is 2. The van der Waals surface area contributed by atoms with Crippen LogP contribution in [0.2, 0.25) is 0 Å². The smallest absolute Gasteiger partial charge is 0.319 e. The standard InChI is InChI=1S/C16H16N4O4/c1-10-18-15(20-24-10)11-4-2-5-12(8-11)19-16(22)17-9-13(21)14-6-3-7-23-14/h2-8,13,21H,9H2,1H3,(H2,17,19,22). The van der Waals surface area contributed by atoms with E-state index in [2.05, 4.69) is 20.8 Å². The average molecular weight is 328 g/mol. The number of nitrogens with zero attached hydrogens (tertiary/aromatic N) is 2. The summed E-state index contributed by atoms with van der Waals surface area (Å²) >= 11 is 0. The quantitative estimate of drug-likeness (QED) is 0.663. The fraction of sp³-hybridized carbons (Fsp3) is 0.188. The van der Waals surface area contributed by atoms with Crippen molar-refractivity contribution in [3.05, 3.63) is 54.3 Å². The fourth-order valence-corrected chi connectivity index (χ4v) is 2.10. The van der Waals surface area contributed by atoms with Crippen LogP contribution in [0.4, 0.5) is 10.5 Å². The maximum absolute atomic E-state index is 11.9. The summed E-state index contributed by atoms with van der Waals surface area (Å²) in [6.07, 6.45) is 0.559. The van der Waals surface area contributed by atoms with E-state index in [-0.39, 0.29) is 6.54 Å². The summed E-state index contributed by atoms with van der Waals surface area (Å²) in [5, 5.41) is 18.9. The molecule has 0 aliphatic rings. The first-order valence-corrected chi connectivity index (χ1v) is 7.29. The molecule has 2 aromatic heterocycles. The second-order valence-electron chi connectivity index (χ2n) is 5.08. The predicted octanol–water partition coefficient (Wildman–Crippen LogP) is 2.49. The highest BCUT2D eigenvalue weighted by molar-refractivity contribution is 5.89. The zero-order valence-electron chi connectivity index (χ0n) is 12.9. The molecule has 2 heterocycles. The van der Waals surface area contributed by atoms with Gasteiger partial charge in [0, 0.05) is 18.2 Å². The second-order valence-corrected chi connectivity index (χ2v) is 5.08. The van der Waals surface area contributed by atoms with Crippen molar-refractivity contribution in [2.45, 2.75) is 13.0 Å². The lowest BCUT2D eigenvalue weighted by molar-refractivity contribution is 0.149. The number of nitrogens with one attached hydrogen (secondary N) is 2. The maximum Gasteiger partial charge on any atom is 0.319 e. The Morgan fingerprint density at radius 1 is 1.33 bits per heavy atom. The molecular formula is C16H16N4O4. The first-order chi connectivity index (χ1) is 11.6. The number of aryl methyl sites for hydroxylation is 1. The van der Waals surface area contributed by atoms with Crippen LogP contribution in [-0.2, 0) is 0 Å². The van der Waals surface area contributed by atoms with Gasteiger partial charge in [-0.2, -0.15) is 4.98 Å². The third-order valence-corrected chi connectivity index (χ3v) is 3.23. The second kappa shape index (κ2) is 6.97. The molecule has 0 radical (unpaired) electrons. The Bertz CT molecular complexity index is 813. The molecule has 2 amide bonds. The average Bonchev–Trinajstić information content (AvgIpc) is 3.24. The van der Waals surface area contributed by atoms with E-state index in [0.717, 1.165) is 5.56 Å². The van der Waals surface area contributed by atoms with Crippen molar-refractivity contribution in [2.24, 2.45) is 0 Å². The van der Waals surface area contributed by atoms with E-state index in [4.69, 9.17) is 8.94 Å². The van der Waals surface area contributed by atoms with Crippen LogP contribution in [-0.4, -0.2) is 27.8 Å². The molecule has 3 aromatic rings. The van der Waals surface area contributed by atoms with Crippen LogP contribution in [0.3, 0.4) is 0 Å². The Balaban J connectivity index is 1.58. The topological polar surface area (TPSA) is 113 Å². The lowest BCUT2D eigenvalue weighted by Crippen LogP contribution is -2.32. The number of aromatic nitrogens is 2. The predicted molar refractivity (Wildman–Crippen MR) is 85.2 cm³/mol. The van der Waals surface area contributed by atoms with E-state index in [1.54, 1.807) is 37.3 Å². The van der Waals surface area contributed by atoms with Gasteiger partial charge >= 0.3 is 6.03 Å². The molecule has 1 aromatic carbocycles. The summed E-state index contributed by atoms with van der Waals surface area (Å²) in [6.45, 7) is 1.74. The summed E-state index contributed by atoms with van der Waals surface area (Å²) in [7, 11) is 0. The monoisotopic (exact) mass is 328 g/mol. The van der Waals surface area contributed by atoms with Crippen LogP contribution < -0.4 is 10.6 Å². The Morgan fingerprint density at radius 2 is 2.21 bits per heavy atom. The van der Waals surface area contributed by atoms with E-state index in [1.165, 1.54) is 6.26 Å². The molecule has 3 rings (SSSR count). The highest BCUT2D eigenvalue weighted by atomic mass is 16.5. The van der Waals surface area contributed by atoms with Crippen LogP contribution in [0.25, 0.3) is 11.4 Å². The number of anilines is 1. The summed E-state index contributed by atoms with van der Waals surface area (Å²) in [5.41, 5.74) is 1.29. The van der Waals surface area contributed by atoms with E-state index < -0.39 is 12.1 Å². The van der Waals surface area contributed by atoms with Crippen molar-refractivity contribution in [2.75, 3.05) is 11.9 Å². The summed E-state index contributed by atoms with van der Waals surface area (Å²) in [5.74, 6) is 1.31. The molecule has 124 valence electrons. The lowest BCUT2D eigenvalue weighted by atomic mass is 10.2. The van der Waals surface area contributed by atoms with Gasteiger partial charge in [0.05, 0.1) is 12.8 Å². The number of hydrogen-bond donors (Lipinski definition) is 3. The molecule has 24 heavy (non-hydrogen) atoms. The highest BCUT2D eigenvalue weighted by Gasteiger charge is 2.12. The zero-order valence-corrected chi connectivity index (χ0v) is 12.9. The number of hydrogen-bond acceptors (Lipinski definition) is 6. The summed E-state index contributed by atoms with van der Waals surface area (Å²) in [6, 6.07) is 9.92. The molecule has 8 nitrogen and oxygen atoms in total. The first-order valence-electron chi connectivity index (χ1n) is 7.29. The molecule has 0 aliphatic carbocycles. The Morgan fingerprint density at radius 3 is 2.92 bits per heavy atom. The minimum Gasteiger partial charge on any atom is -0.467 e. The molecule has 1 atom stereocenters. The number of aliphatic hydroxyl groups is 1. The van der Waals surface area contributed by atoms with Crippen LogP contribution in [0, 0.1) is 6.92 Å². The maximum atomic E-state index is 11.9. The van der Waals surface area contributed by atoms with Gasteiger partial charge in [0.25, 0.3) is 0 Å². The highest BCUT2D eigenvalue weighted by Crippen LogP contribution is 2.20. The van der Waals surface area contributed by atoms with E-state index in [0.29, 0.717) is 23.2 Å². The van der Waals surface area contributed by atoms with Gasteiger partial charge in [-0.3, -0.25) is 0 Å². The van der Waals surface area contributed by atoms with Gasteiger partial charge in [-0.05, 0) is 24.3 Å². The molecule has 1 unspecified atom stereocenters. The van der Waals surface area contributed by atoms with Crippen molar-refractivity contribution >= 4 is 11.7 Å². The van der Waals surface area contributed by atoms with Crippen molar-refractivity contribution in [3.8, 4) is 11.4 Å². The van der Waals surface area contributed by atoms with E-state index in [1.807, 2.05) is 6.07 Å². The number of rotatable bonds is 5. The molecule has 8 heteroatoms. The molecular weight excluding hydrogens is 312 g/mol. The number of benzene rings is 1. The van der Waals surface area contributed by atoms with Crippen LogP contribution in [0.1, 0.15) is 17.8 Å². The lowest BCUT2D eigenvalue weighted by Gasteiger charge is -2.11. The van der Waals surface area contributed by atoms with Gasteiger partial charge in [0.15, 0.2) is 0 Å². The van der Waals surface area contributed by atoms with Gasteiger partial charge in [0.2, 0.25) is 11.7 Å². The van der Waals surface area contributed by atoms with Crippen molar-refractivity contribution in [1.29, 1.82) is 0 Å². The van der Waals surface area contributed by atoms with Gasteiger partial charge in [0.1, 0.15) is 11.9 Å². The van der Waals surface area contributed by atoms with Gasteiger partial charge < -0.3 is 24.7 Å². The largest absolute Gasteiger partial charge is 0.467 e. The minimum absolute atomic E-state index is 0.0308. The van der Waals surface area contributed by atoms with Gasteiger partial charge in [-0.25, -0.2) is 4.79 Å². The number of carbonyl (C=O) groups is 1. The Labute approximate surface area is 137 Å². The molecule has 0 fully saturated rings. The fourth-order valence-electron chi connectivity index (χ4n) is 2.10. The van der Waals surface area contributed by atoms with E-state index >= 15 is 0 Å². The van der Waals surface area contributed by atoms with E-state index in [9.17, 15) is 9.90 Å². The number of carbonyl (C=O) groups excluding carboxylic acids is 1. The normalized spacial score (nSPS) is 11.9. The van der Waals surface area contributed by atoms with Crippen LogP contribution in [0.5, 0.6) is 0 Å². The molecule has 0 saturated heterocycles. The van der Waals surface area contributed by atoms with Crippen LogP contribution >= 0.6 is 0 Å². The first kappa shape index (κ1) is 15.8. The molecule has 0 aliphatic heterocycles. The zero-order chi connectivity index (χ0) is 16.9.